The van der Waals surface area contributed by atoms with Gasteiger partial charge in [0.05, 0.1) is 39.8 Å². The van der Waals surface area contributed by atoms with Gasteiger partial charge in [-0.05, 0) is 70.9 Å². The maximum Gasteiger partial charge on any atom is 0.265 e. The number of aromatic nitrogens is 2. The number of thiazole rings is 1. The lowest BCUT2D eigenvalue weighted by molar-refractivity contribution is 0.0192. The van der Waals surface area contributed by atoms with Crippen molar-refractivity contribution in [2.75, 3.05) is 19.7 Å². The number of hydrogen-bond acceptors (Lipinski definition) is 7. The average Bonchev–Trinajstić information content (AvgIpc) is 3.64. The Morgan fingerprint density at radius 2 is 1.96 bits per heavy atom. The van der Waals surface area contributed by atoms with E-state index < -0.39 is 5.60 Å². The average molecular weight is 642 g/mol. The first kappa shape index (κ1) is 31.2. The Labute approximate surface area is 272 Å². The minimum absolute atomic E-state index is 0.115. The van der Waals surface area contributed by atoms with E-state index in [1.54, 1.807) is 28.8 Å². The lowest BCUT2D eigenvalue weighted by atomic mass is 9.91. The molecule has 2 aromatic heterocycles. The molecule has 3 atom stereocenters. The van der Waals surface area contributed by atoms with Crippen LogP contribution >= 0.6 is 22.9 Å². The van der Waals surface area contributed by atoms with Gasteiger partial charge in [0, 0.05) is 54.2 Å². The zero-order chi connectivity index (χ0) is 31.9. The molecule has 6 rings (SSSR count). The molecule has 1 N–H and O–H groups in total. The zero-order valence-corrected chi connectivity index (χ0v) is 27.5. The van der Waals surface area contributed by atoms with E-state index in [0.717, 1.165) is 24.0 Å². The number of pyridine rings is 1. The van der Waals surface area contributed by atoms with Crippen molar-refractivity contribution in [2.45, 2.75) is 64.6 Å². The molecule has 8 nitrogen and oxygen atoms in total. The number of likely N-dealkylation sites (tertiary alicyclic amines) is 1. The van der Waals surface area contributed by atoms with Crippen molar-refractivity contribution in [1.29, 1.82) is 5.26 Å². The molecule has 0 spiro atoms. The maximum absolute atomic E-state index is 14.7. The first-order valence-electron chi connectivity index (χ1n) is 15.3. The second-order valence-corrected chi connectivity index (χ2v) is 13.6. The van der Waals surface area contributed by atoms with Crippen LogP contribution in [0, 0.1) is 11.3 Å². The van der Waals surface area contributed by atoms with E-state index in [1.807, 2.05) is 62.3 Å². The van der Waals surface area contributed by atoms with E-state index >= 15 is 0 Å². The fraction of sp³-hybridized carbons (Fsp3) is 0.371. The number of carbonyl (C=O) groups excluding carboxylic acids is 1. The van der Waals surface area contributed by atoms with Gasteiger partial charge in [-0.3, -0.25) is 14.2 Å². The third-order valence-electron chi connectivity index (χ3n) is 8.65. The Morgan fingerprint density at radius 1 is 1.24 bits per heavy atom. The van der Waals surface area contributed by atoms with Gasteiger partial charge in [0.1, 0.15) is 10.6 Å². The van der Waals surface area contributed by atoms with E-state index in [0.29, 0.717) is 69.9 Å². The first-order chi connectivity index (χ1) is 21.6. The molecule has 0 saturated carbocycles. The monoisotopic (exact) mass is 641 g/mol. The summed E-state index contributed by atoms with van der Waals surface area (Å²) in [6.45, 7) is 9.45. The standard InChI is InChI=1S/C35H36ClN5O3S/c1-5-44-35(4)13-12-24(36)15-31(35)41-30(14-21(2)3)27(33(42)40-18-25-10-11-26(19-40)38-25)16-28(34(41)43)32-39-29(20-45-32)23-8-6-22(17-37)7-9-23/h6-9,12,14-16,20,25-26,38H,5,10-11,13,18-19H2,1-4H3. The van der Waals surface area contributed by atoms with E-state index in [2.05, 4.69) is 11.4 Å². The molecule has 4 heterocycles. The molecule has 2 saturated heterocycles. The quantitative estimate of drug-likeness (QED) is 0.309. The normalized spacial score (nSPS) is 22.4. The molecular formula is C35H36ClN5O3S. The number of hydrogen-bond donors (Lipinski definition) is 1. The van der Waals surface area contributed by atoms with Crippen LogP contribution in [0.2, 0.25) is 0 Å². The molecule has 1 aromatic carbocycles. The summed E-state index contributed by atoms with van der Waals surface area (Å²) in [6.07, 6.45) is 8.13. The number of nitrogens with zero attached hydrogens (tertiary/aromatic N) is 4. The molecule has 0 radical (unpaired) electrons. The summed E-state index contributed by atoms with van der Waals surface area (Å²) in [5.74, 6) is -0.115. The minimum Gasteiger partial charge on any atom is -0.369 e. The van der Waals surface area contributed by atoms with Crippen LogP contribution in [-0.2, 0) is 4.74 Å². The highest BCUT2D eigenvalue weighted by molar-refractivity contribution is 7.13. The number of nitrogens with one attached hydrogen (secondary N) is 1. The number of fused-ring (bicyclic) bond motifs is 2. The molecule has 45 heavy (non-hydrogen) atoms. The maximum atomic E-state index is 14.7. The predicted molar refractivity (Wildman–Crippen MR) is 180 cm³/mol. The van der Waals surface area contributed by atoms with Crippen molar-refractivity contribution in [1.82, 2.24) is 19.8 Å². The number of nitriles is 1. The van der Waals surface area contributed by atoms with E-state index in [-0.39, 0.29) is 23.6 Å². The van der Waals surface area contributed by atoms with E-state index in [1.165, 1.54) is 11.3 Å². The number of carbonyl (C=O) groups is 1. The van der Waals surface area contributed by atoms with Gasteiger partial charge in [-0.2, -0.15) is 5.26 Å². The van der Waals surface area contributed by atoms with Gasteiger partial charge >= 0.3 is 0 Å². The number of allylic oxidation sites excluding steroid dienone is 3. The summed E-state index contributed by atoms with van der Waals surface area (Å²) in [5, 5.41) is 15.7. The number of benzene rings is 1. The van der Waals surface area contributed by atoms with Crippen LogP contribution in [0.3, 0.4) is 0 Å². The molecule has 232 valence electrons. The largest absolute Gasteiger partial charge is 0.369 e. The molecule has 2 aliphatic heterocycles. The van der Waals surface area contributed by atoms with Crippen LogP contribution in [0.15, 0.2) is 63.3 Å². The summed E-state index contributed by atoms with van der Waals surface area (Å²) >= 11 is 7.94. The molecule has 1 aliphatic carbocycles. The Kier molecular flexibility index (Phi) is 8.68. The first-order valence-corrected chi connectivity index (χ1v) is 16.5. The van der Waals surface area contributed by atoms with E-state index in [9.17, 15) is 14.9 Å². The Hall–Kier alpha value is -3.81. The van der Waals surface area contributed by atoms with Gasteiger partial charge in [0.15, 0.2) is 0 Å². The molecule has 3 aliphatic rings. The number of halogens is 1. The molecule has 3 unspecified atom stereocenters. The summed E-state index contributed by atoms with van der Waals surface area (Å²) < 4.78 is 7.91. The summed E-state index contributed by atoms with van der Waals surface area (Å²) in [5.41, 5.74) is 3.72. The number of rotatable bonds is 7. The van der Waals surface area contributed by atoms with Crippen molar-refractivity contribution in [2.24, 2.45) is 0 Å². The van der Waals surface area contributed by atoms with Crippen molar-refractivity contribution < 1.29 is 9.53 Å². The molecule has 2 fully saturated rings. The van der Waals surface area contributed by atoms with Crippen LogP contribution in [0.4, 0.5) is 0 Å². The molecule has 2 bridgehead atoms. The molecule has 3 aromatic rings. The Bertz CT molecular complexity index is 1830. The summed E-state index contributed by atoms with van der Waals surface area (Å²) in [4.78, 5) is 36.0. The third kappa shape index (κ3) is 6.08. The van der Waals surface area contributed by atoms with Crippen molar-refractivity contribution in [3.05, 3.63) is 85.6 Å². The molecule has 10 heteroatoms. The second kappa shape index (κ2) is 12.5. The van der Waals surface area contributed by atoms with Crippen LogP contribution in [0.5, 0.6) is 0 Å². The second-order valence-electron chi connectivity index (χ2n) is 12.3. The van der Waals surface area contributed by atoms with Gasteiger partial charge in [-0.25, -0.2) is 4.98 Å². The fourth-order valence-electron chi connectivity index (χ4n) is 6.48. The van der Waals surface area contributed by atoms with E-state index in [4.69, 9.17) is 21.3 Å². The van der Waals surface area contributed by atoms with Crippen molar-refractivity contribution in [3.8, 4) is 27.9 Å². The van der Waals surface area contributed by atoms with Crippen LogP contribution in [-0.4, -0.2) is 57.7 Å². The topological polar surface area (TPSA) is 100 Å². The smallest absolute Gasteiger partial charge is 0.265 e. The summed E-state index contributed by atoms with van der Waals surface area (Å²) in [6, 6.07) is 11.6. The third-order valence-corrected chi connectivity index (χ3v) is 9.79. The summed E-state index contributed by atoms with van der Waals surface area (Å²) in [7, 11) is 0. The molecular weight excluding hydrogens is 606 g/mol. The van der Waals surface area contributed by atoms with Gasteiger partial charge in [0.25, 0.3) is 11.5 Å². The minimum atomic E-state index is -0.856. The highest BCUT2D eigenvalue weighted by Gasteiger charge is 2.38. The fourth-order valence-corrected chi connectivity index (χ4v) is 7.50. The Balaban J connectivity index is 1.58. The van der Waals surface area contributed by atoms with Gasteiger partial charge in [0.2, 0.25) is 0 Å². The molecule has 1 amide bonds. The zero-order valence-electron chi connectivity index (χ0n) is 25.9. The van der Waals surface area contributed by atoms with Crippen LogP contribution < -0.4 is 10.9 Å². The lowest BCUT2D eigenvalue weighted by Gasteiger charge is -2.36. The highest BCUT2D eigenvalue weighted by atomic mass is 35.5. The van der Waals surface area contributed by atoms with Crippen molar-refractivity contribution >= 4 is 40.6 Å². The SMILES string of the molecule is CCOC1(C)CC=C(Cl)C=C1n1c(C=C(C)C)c(C(=O)N2CC3CCC(C2)N3)cc(-c2nc(-c3ccc(C#N)cc3)cs2)c1=O. The highest BCUT2D eigenvalue weighted by Crippen LogP contribution is 2.38. The van der Waals surface area contributed by atoms with Crippen LogP contribution in [0.25, 0.3) is 33.6 Å². The van der Waals surface area contributed by atoms with Gasteiger partial charge in [-0.15, -0.1) is 11.3 Å². The van der Waals surface area contributed by atoms with Crippen LogP contribution in [0.1, 0.15) is 68.6 Å². The van der Waals surface area contributed by atoms with Crippen molar-refractivity contribution in [3.63, 3.8) is 0 Å². The van der Waals surface area contributed by atoms with Gasteiger partial charge in [-0.1, -0.05) is 35.4 Å². The lowest BCUT2D eigenvalue weighted by Crippen LogP contribution is -2.53. The Morgan fingerprint density at radius 3 is 2.60 bits per heavy atom. The number of amides is 1. The van der Waals surface area contributed by atoms with Gasteiger partial charge < -0.3 is 15.0 Å². The predicted octanol–water partition coefficient (Wildman–Crippen LogP) is 6.67. The number of ether oxygens (including phenoxy) is 1. The number of piperazine rings is 1.